The van der Waals surface area contributed by atoms with Crippen molar-refractivity contribution in [1.82, 2.24) is 9.88 Å². The summed E-state index contributed by atoms with van der Waals surface area (Å²) in [5, 5.41) is 4.29. The number of aryl methyl sites for hydroxylation is 1. The molecule has 1 aromatic heterocycles. The van der Waals surface area contributed by atoms with Crippen molar-refractivity contribution in [2.45, 2.75) is 78.9 Å². The van der Waals surface area contributed by atoms with Gasteiger partial charge in [-0.3, -0.25) is 4.79 Å². The second-order valence-corrected chi connectivity index (χ2v) is 12.6. The van der Waals surface area contributed by atoms with E-state index < -0.39 is 11.6 Å². The van der Waals surface area contributed by atoms with E-state index in [1.807, 2.05) is 50.4 Å². The molecule has 0 bridgehead atoms. The molecule has 0 fully saturated rings. The predicted octanol–water partition coefficient (Wildman–Crippen LogP) is 7.59. The maximum absolute atomic E-state index is 13.2. The van der Waals surface area contributed by atoms with Gasteiger partial charge >= 0.3 is 5.97 Å². The molecule has 1 atom stereocenters. The fraction of sp³-hybridized carbons (Fsp3) is 0.389. The zero-order chi connectivity index (χ0) is 30.8. The molecule has 42 heavy (non-hydrogen) atoms. The number of amides is 1. The highest BCUT2D eigenvalue weighted by molar-refractivity contribution is 5.99. The monoisotopic (exact) mass is 568 g/mol. The van der Waals surface area contributed by atoms with Crippen molar-refractivity contribution in [1.29, 1.82) is 0 Å². The number of nitrogens with zero attached hydrogens (tertiary/aromatic N) is 1. The summed E-state index contributed by atoms with van der Waals surface area (Å²) in [6.07, 6.45) is 0.734. The second-order valence-electron chi connectivity index (χ2n) is 12.6. The van der Waals surface area contributed by atoms with E-state index in [9.17, 15) is 9.59 Å². The van der Waals surface area contributed by atoms with Crippen LogP contribution in [0.1, 0.15) is 92.8 Å². The zero-order valence-electron chi connectivity index (χ0n) is 26.4. The molecule has 1 heterocycles. The van der Waals surface area contributed by atoms with E-state index in [1.54, 1.807) is 20.8 Å². The molecule has 0 spiro atoms. The summed E-state index contributed by atoms with van der Waals surface area (Å²) >= 11 is 0. The van der Waals surface area contributed by atoms with E-state index in [-0.39, 0.29) is 17.4 Å². The van der Waals surface area contributed by atoms with Crippen LogP contribution >= 0.6 is 0 Å². The highest BCUT2D eigenvalue weighted by Crippen LogP contribution is 2.30. The molecule has 4 aromatic rings. The van der Waals surface area contributed by atoms with Gasteiger partial charge in [0.2, 0.25) is 0 Å². The third-order valence-corrected chi connectivity index (χ3v) is 7.95. The van der Waals surface area contributed by atoms with E-state index in [0.717, 1.165) is 34.1 Å². The molecule has 0 saturated carbocycles. The van der Waals surface area contributed by atoms with Crippen LogP contribution in [0, 0.1) is 6.92 Å². The molecule has 1 amide bonds. The fourth-order valence-electron chi connectivity index (χ4n) is 5.16. The van der Waals surface area contributed by atoms with Crippen molar-refractivity contribution >= 4 is 22.8 Å². The number of ether oxygens (including phenoxy) is 2. The summed E-state index contributed by atoms with van der Waals surface area (Å²) in [7, 11) is 2.04. The molecular weight excluding hydrogens is 524 g/mol. The van der Waals surface area contributed by atoms with Gasteiger partial charge in [-0.25, -0.2) is 4.79 Å². The lowest BCUT2D eigenvalue weighted by Gasteiger charge is -2.24. The van der Waals surface area contributed by atoms with E-state index in [2.05, 4.69) is 67.9 Å². The highest BCUT2D eigenvalue weighted by Gasteiger charge is 2.31. The van der Waals surface area contributed by atoms with Crippen LogP contribution in [0.3, 0.4) is 0 Å². The van der Waals surface area contributed by atoms with Crippen molar-refractivity contribution in [3.8, 4) is 5.75 Å². The van der Waals surface area contributed by atoms with Gasteiger partial charge in [-0.05, 0) is 93.0 Å². The largest absolute Gasteiger partial charge is 0.476 e. The zero-order valence-corrected chi connectivity index (χ0v) is 26.4. The number of esters is 1. The lowest BCUT2D eigenvalue weighted by Crippen LogP contribution is -2.39. The van der Waals surface area contributed by atoms with Gasteiger partial charge in [0.15, 0.2) is 5.60 Å². The smallest absolute Gasteiger partial charge is 0.349 e. The fourth-order valence-corrected chi connectivity index (χ4v) is 5.16. The van der Waals surface area contributed by atoms with Gasteiger partial charge in [-0.1, -0.05) is 63.2 Å². The molecule has 4 rings (SSSR count). The quantitative estimate of drug-likeness (QED) is 0.211. The Kier molecular flexibility index (Phi) is 8.86. The summed E-state index contributed by atoms with van der Waals surface area (Å²) in [4.78, 5) is 25.4. The van der Waals surface area contributed by atoms with Gasteiger partial charge in [-0.2, -0.15) is 0 Å². The summed E-state index contributed by atoms with van der Waals surface area (Å²) < 4.78 is 13.2. The second kappa shape index (κ2) is 12.0. The predicted molar refractivity (Wildman–Crippen MR) is 169 cm³/mol. The number of hydrogen-bond donors (Lipinski definition) is 1. The van der Waals surface area contributed by atoms with Crippen LogP contribution in [-0.2, 0) is 28.4 Å². The van der Waals surface area contributed by atoms with Crippen LogP contribution in [-0.4, -0.2) is 28.7 Å². The first-order chi connectivity index (χ1) is 19.7. The highest BCUT2D eigenvalue weighted by atomic mass is 16.6. The van der Waals surface area contributed by atoms with E-state index >= 15 is 0 Å². The molecule has 0 aliphatic heterocycles. The van der Waals surface area contributed by atoms with Crippen LogP contribution in [0.15, 0.2) is 66.7 Å². The Labute approximate surface area is 250 Å². The van der Waals surface area contributed by atoms with Gasteiger partial charge in [0.1, 0.15) is 5.75 Å². The molecule has 0 radical (unpaired) electrons. The Balaban J connectivity index is 1.49. The number of aromatic nitrogens is 1. The average molecular weight is 569 g/mol. The van der Waals surface area contributed by atoms with Crippen LogP contribution < -0.4 is 10.1 Å². The van der Waals surface area contributed by atoms with Crippen LogP contribution in [0.5, 0.6) is 5.75 Å². The van der Waals surface area contributed by atoms with Gasteiger partial charge in [0.25, 0.3) is 5.91 Å². The molecule has 6 heteroatoms. The topological polar surface area (TPSA) is 69.6 Å². The molecule has 222 valence electrons. The molecule has 0 aliphatic rings. The van der Waals surface area contributed by atoms with Crippen molar-refractivity contribution in [2.75, 3.05) is 6.61 Å². The molecule has 0 unspecified atom stereocenters. The normalized spacial score (nSPS) is 12.7. The van der Waals surface area contributed by atoms with E-state index in [0.29, 0.717) is 17.9 Å². The minimum atomic E-state index is -1.07. The number of benzene rings is 3. The van der Waals surface area contributed by atoms with Gasteiger partial charge in [0, 0.05) is 29.2 Å². The molecule has 0 aliphatic carbocycles. The number of carbonyl (C=O) groups is 2. The first kappa shape index (κ1) is 30.9. The van der Waals surface area contributed by atoms with Crippen LogP contribution in [0.25, 0.3) is 10.9 Å². The minimum Gasteiger partial charge on any atom is -0.476 e. The van der Waals surface area contributed by atoms with Crippen LogP contribution in [0.4, 0.5) is 0 Å². The van der Waals surface area contributed by atoms with E-state index in [1.165, 1.54) is 11.1 Å². The minimum absolute atomic E-state index is 0.0902. The first-order valence-corrected chi connectivity index (χ1v) is 14.7. The lowest BCUT2D eigenvalue weighted by molar-refractivity contribution is -0.158. The molecular formula is C36H44N2O4. The Hall–Kier alpha value is -4.06. The maximum atomic E-state index is 13.2. The van der Waals surface area contributed by atoms with Crippen molar-refractivity contribution < 1.29 is 19.1 Å². The Morgan fingerprint density at radius 1 is 0.929 bits per heavy atom. The summed E-state index contributed by atoms with van der Waals surface area (Å²) in [6.45, 7) is 16.2. The third kappa shape index (κ3) is 6.70. The number of carbonyl (C=O) groups excluding carboxylic acids is 2. The number of hydrogen-bond acceptors (Lipinski definition) is 4. The van der Waals surface area contributed by atoms with Crippen LogP contribution in [0.2, 0.25) is 0 Å². The van der Waals surface area contributed by atoms with Crippen molar-refractivity contribution in [3.63, 3.8) is 0 Å². The Morgan fingerprint density at radius 2 is 1.57 bits per heavy atom. The molecule has 3 aromatic carbocycles. The molecule has 1 N–H and O–H groups in total. The number of rotatable bonds is 9. The van der Waals surface area contributed by atoms with Gasteiger partial charge in [0.05, 0.1) is 12.6 Å². The lowest BCUT2D eigenvalue weighted by atomic mass is 9.86. The summed E-state index contributed by atoms with van der Waals surface area (Å²) in [5.74, 6) is 0.130. The summed E-state index contributed by atoms with van der Waals surface area (Å²) in [6, 6.07) is 22.1. The standard InChI is InChI=1S/C36H44N2O4/c1-10-41-34(40)36(7,8)42-29-18-11-25(12-19-29)21-31-24(3)38(9)32-22-27(15-20-30(31)32)33(39)37-23(2)26-13-16-28(17-14-26)35(4,5)6/h11-20,22-23H,10,21H2,1-9H3,(H,37,39)/t23-/m0/s1. The van der Waals surface area contributed by atoms with Gasteiger partial charge < -0.3 is 19.4 Å². The van der Waals surface area contributed by atoms with E-state index in [4.69, 9.17) is 9.47 Å². The molecule has 6 nitrogen and oxygen atoms in total. The summed E-state index contributed by atoms with van der Waals surface area (Å²) in [5.41, 5.74) is 6.52. The Bertz CT molecular complexity index is 1570. The SMILES string of the molecule is CCOC(=O)C(C)(C)Oc1ccc(Cc2c(C)n(C)c3cc(C(=O)N[C@@H](C)c4ccc(C(C)(C)C)cc4)ccc23)cc1. The first-order valence-electron chi connectivity index (χ1n) is 14.7. The maximum Gasteiger partial charge on any atom is 0.349 e. The average Bonchev–Trinajstić information content (AvgIpc) is 3.17. The molecule has 0 saturated heterocycles. The number of fused-ring (bicyclic) bond motifs is 1. The third-order valence-electron chi connectivity index (χ3n) is 7.95. The van der Waals surface area contributed by atoms with Crippen molar-refractivity contribution in [3.05, 3.63) is 100 Å². The van der Waals surface area contributed by atoms with Gasteiger partial charge in [-0.15, -0.1) is 0 Å². The van der Waals surface area contributed by atoms with Crippen molar-refractivity contribution in [2.24, 2.45) is 7.05 Å². The Morgan fingerprint density at radius 3 is 2.17 bits per heavy atom. The number of nitrogens with one attached hydrogen (secondary N) is 1.